The number of ether oxygens (including phenoxy) is 1. The molecule has 1 heterocycles. The van der Waals surface area contributed by atoms with E-state index in [1.54, 1.807) is 48.5 Å². The maximum atomic E-state index is 13.2. The molecular weight excluding hydrogens is 446 g/mol. The van der Waals surface area contributed by atoms with Gasteiger partial charge < -0.3 is 4.74 Å². The molecule has 2 aromatic carbocycles. The second-order valence-corrected chi connectivity index (χ2v) is 9.47. The number of esters is 1. The monoisotopic (exact) mass is 463 g/mol. The van der Waals surface area contributed by atoms with Gasteiger partial charge in [-0.25, -0.2) is 4.79 Å². The minimum absolute atomic E-state index is 0.0973. The van der Waals surface area contributed by atoms with Crippen molar-refractivity contribution >= 4 is 39.4 Å². The summed E-state index contributed by atoms with van der Waals surface area (Å²) in [6.07, 6.45) is 5.47. The molecule has 0 N–H and O–H groups in total. The Morgan fingerprint density at radius 1 is 0.867 bits per heavy atom. The Kier molecular flexibility index (Phi) is 3.84. The fourth-order valence-corrected chi connectivity index (χ4v) is 5.89. The van der Waals surface area contributed by atoms with Crippen molar-refractivity contribution in [2.24, 2.45) is 35.5 Å². The summed E-state index contributed by atoms with van der Waals surface area (Å²) in [4.78, 5) is 40.1. The Balaban J connectivity index is 1.23. The third-order valence-corrected chi connectivity index (χ3v) is 7.58. The predicted octanol–water partition coefficient (Wildman–Crippen LogP) is 4.23. The van der Waals surface area contributed by atoms with Crippen LogP contribution in [-0.4, -0.2) is 17.8 Å². The molecule has 6 heteroatoms. The number of benzene rings is 2. The molecule has 0 aromatic heterocycles. The van der Waals surface area contributed by atoms with E-state index in [9.17, 15) is 14.4 Å². The fourth-order valence-electron chi connectivity index (χ4n) is 5.63. The molecule has 1 aliphatic heterocycles. The number of carbonyl (C=O) groups excluding carboxylic acids is 3. The number of carbonyl (C=O) groups is 3. The largest absolute Gasteiger partial charge is 0.423 e. The molecule has 30 heavy (non-hydrogen) atoms. The summed E-state index contributed by atoms with van der Waals surface area (Å²) < 4.78 is 6.27. The topological polar surface area (TPSA) is 63.7 Å². The Morgan fingerprint density at radius 3 is 2.00 bits per heavy atom. The first-order valence-corrected chi connectivity index (χ1v) is 11.0. The van der Waals surface area contributed by atoms with Crippen LogP contribution in [0.15, 0.2) is 65.2 Å². The molecule has 5 nitrogen and oxygen atoms in total. The van der Waals surface area contributed by atoms with E-state index in [4.69, 9.17) is 4.74 Å². The van der Waals surface area contributed by atoms with Gasteiger partial charge in [0.15, 0.2) is 0 Å². The summed E-state index contributed by atoms with van der Waals surface area (Å²) in [5, 5.41) is 0. The highest BCUT2D eigenvalue weighted by molar-refractivity contribution is 9.10. The Morgan fingerprint density at radius 2 is 1.43 bits per heavy atom. The van der Waals surface area contributed by atoms with E-state index in [2.05, 4.69) is 28.1 Å². The van der Waals surface area contributed by atoms with Crippen LogP contribution in [0, 0.1) is 35.5 Å². The minimum atomic E-state index is -0.487. The lowest BCUT2D eigenvalue weighted by Crippen LogP contribution is -2.40. The van der Waals surface area contributed by atoms with Crippen molar-refractivity contribution in [3.8, 4) is 5.75 Å². The number of hydrogen-bond acceptors (Lipinski definition) is 4. The van der Waals surface area contributed by atoms with E-state index < -0.39 is 5.97 Å². The van der Waals surface area contributed by atoms with Crippen molar-refractivity contribution in [2.75, 3.05) is 4.90 Å². The first kappa shape index (κ1) is 18.1. The van der Waals surface area contributed by atoms with Gasteiger partial charge in [-0.2, -0.15) is 0 Å². The van der Waals surface area contributed by atoms with Gasteiger partial charge in [-0.05, 0) is 78.6 Å². The molecule has 150 valence electrons. The average molecular weight is 464 g/mol. The lowest BCUT2D eigenvalue weighted by molar-refractivity contribution is -0.124. The molecule has 2 saturated carbocycles. The zero-order valence-electron chi connectivity index (χ0n) is 15.9. The first-order valence-electron chi connectivity index (χ1n) is 10.2. The van der Waals surface area contributed by atoms with Crippen LogP contribution < -0.4 is 9.64 Å². The molecular formula is C24H18BrNO4. The fraction of sp³-hybridized carbons (Fsp3) is 0.292. The highest BCUT2D eigenvalue weighted by atomic mass is 79.9. The molecule has 1 saturated heterocycles. The average Bonchev–Trinajstić information content (AvgIpc) is 3.53. The Bertz CT molecular complexity index is 1070. The van der Waals surface area contributed by atoms with Crippen molar-refractivity contribution in [3.05, 3.63) is 70.7 Å². The van der Waals surface area contributed by atoms with Gasteiger partial charge in [-0.15, -0.1) is 0 Å². The van der Waals surface area contributed by atoms with Crippen molar-refractivity contribution in [1.29, 1.82) is 0 Å². The quantitative estimate of drug-likeness (QED) is 0.295. The lowest BCUT2D eigenvalue weighted by atomic mass is 9.63. The van der Waals surface area contributed by atoms with Gasteiger partial charge in [-0.3, -0.25) is 14.5 Å². The molecule has 2 bridgehead atoms. The maximum Gasteiger partial charge on any atom is 0.343 e. The third kappa shape index (κ3) is 2.56. The molecule has 0 spiro atoms. The summed E-state index contributed by atoms with van der Waals surface area (Å²) in [5.74, 6) is 0.874. The number of rotatable bonds is 3. The number of halogens is 1. The first-order chi connectivity index (χ1) is 14.5. The Labute approximate surface area is 181 Å². The number of amides is 2. The van der Waals surface area contributed by atoms with E-state index in [-0.39, 0.29) is 35.5 Å². The normalized spacial score (nSPS) is 32.8. The third-order valence-electron chi connectivity index (χ3n) is 7.05. The van der Waals surface area contributed by atoms with Gasteiger partial charge in [0.1, 0.15) is 5.75 Å². The zero-order valence-corrected chi connectivity index (χ0v) is 17.5. The summed E-state index contributed by atoms with van der Waals surface area (Å²) in [5.41, 5.74) is 0.883. The van der Waals surface area contributed by atoms with Gasteiger partial charge in [0, 0.05) is 4.47 Å². The van der Waals surface area contributed by atoms with Gasteiger partial charge in [0.2, 0.25) is 11.8 Å². The number of imide groups is 1. The highest BCUT2D eigenvalue weighted by Crippen LogP contribution is 2.65. The van der Waals surface area contributed by atoms with E-state index in [1.807, 2.05) is 0 Å². The molecule has 6 atom stereocenters. The summed E-state index contributed by atoms with van der Waals surface area (Å²) in [6.45, 7) is 0. The van der Waals surface area contributed by atoms with Crippen LogP contribution in [0.25, 0.3) is 0 Å². The smallest absolute Gasteiger partial charge is 0.343 e. The van der Waals surface area contributed by atoms with Crippen molar-refractivity contribution in [2.45, 2.75) is 6.42 Å². The molecule has 4 aliphatic carbocycles. The molecule has 2 aromatic rings. The van der Waals surface area contributed by atoms with Gasteiger partial charge in [-0.1, -0.05) is 28.1 Å². The molecule has 0 unspecified atom stereocenters. The molecule has 7 rings (SSSR count). The SMILES string of the molecule is O=C(Oc1ccc(Br)cc1)c1ccc(N2C(=O)[C@@H]3[C@H]4C=C[C@@H]([C@@H]5C[C@H]45)[C@@H]3C2=O)cc1. The van der Waals surface area contributed by atoms with Gasteiger partial charge in [0.05, 0.1) is 23.1 Å². The minimum Gasteiger partial charge on any atom is -0.423 e. The van der Waals surface area contributed by atoms with Crippen LogP contribution in [0.4, 0.5) is 5.69 Å². The van der Waals surface area contributed by atoms with Crippen LogP contribution in [0.1, 0.15) is 16.8 Å². The second-order valence-electron chi connectivity index (χ2n) is 8.56. The van der Waals surface area contributed by atoms with Crippen LogP contribution >= 0.6 is 15.9 Å². The van der Waals surface area contributed by atoms with E-state index in [0.29, 0.717) is 28.8 Å². The molecule has 5 aliphatic rings. The standard InChI is InChI=1S/C24H18BrNO4/c25-13-3-7-15(8-4-13)30-24(29)12-1-5-14(6-2-12)26-22(27)20-16-9-10-17(19-11-18(16)19)21(20)23(26)28/h1-10,16-21H,11H2/t16-,17-,18-,19+,20-,21+/m0/s1. The molecule has 3 fully saturated rings. The van der Waals surface area contributed by atoms with Crippen LogP contribution in [0.5, 0.6) is 5.75 Å². The number of nitrogens with zero attached hydrogens (tertiary/aromatic N) is 1. The van der Waals surface area contributed by atoms with Crippen LogP contribution in [0.3, 0.4) is 0 Å². The van der Waals surface area contributed by atoms with E-state index >= 15 is 0 Å². The number of hydrogen-bond donors (Lipinski definition) is 0. The number of anilines is 1. The molecule has 2 amide bonds. The zero-order chi connectivity index (χ0) is 20.6. The highest BCUT2D eigenvalue weighted by Gasteiger charge is 2.67. The van der Waals surface area contributed by atoms with Crippen molar-refractivity contribution < 1.29 is 19.1 Å². The van der Waals surface area contributed by atoms with E-state index in [0.717, 1.165) is 10.9 Å². The van der Waals surface area contributed by atoms with E-state index in [1.165, 1.54) is 4.90 Å². The van der Waals surface area contributed by atoms with Gasteiger partial charge >= 0.3 is 5.97 Å². The van der Waals surface area contributed by atoms with Crippen molar-refractivity contribution in [3.63, 3.8) is 0 Å². The maximum absolute atomic E-state index is 13.2. The Hall–Kier alpha value is -2.73. The van der Waals surface area contributed by atoms with Gasteiger partial charge in [0.25, 0.3) is 0 Å². The lowest BCUT2D eigenvalue weighted by Gasteiger charge is -2.37. The van der Waals surface area contributed by atoms with Crippen molar-refractivity contribution in [1.82, 2.24) is 0 Å². The number of allylic oxidation sites excluding steroid dienone is 2. The second kappa shape index (κ2) is 6.38. The predicted molar refractivity (Wildman–Crippen MR) is 113 cm³/mol. The van der Waals surface area contributed by atoms with Crippen LogP contribution in [-0.2, 0) is 9.59 Å². The van der Waals surface area contributed by atoms with Crippen LogP contribution in [0.2, 0.25) is 0 Å². The summed E-state index contributed by atoms with van der Waals surface area (Å²) >= 11 is 3.34. The summed E-state index contributed by atoms with van der Waals surface area (Å²) in [7, 11) is 0. The summed E-state index contributed by atoms with van der Waals surface area (Å²) in [6, 6.07) is 13.5. The molecule has 0 radical (unpaired) electrons.